The summed E-state index contributed by atoms with van der Waals surface area (Å²) in [5, 5.41) is 5.29. The summed E-state index contributed by atoms with van der Waals surface area (Å²) in [6, 6.07) is 8.67. The third kappa shape index (κ3) is 5.44. The van der Waals surface area contributed by atoms with Gasteiger partial charge in [-0.15, -0.1) is 11.3 Å². The molecule has 156 valence electrons. The molecule has 0 saturated carbocycles. The fourth-order valence-corrected chi connectivity index (χ4v) is 5.54. The predicted molar refractivity (Wildman–Crippen MR) is 118 cm³/mol. The van der Waals surface area contributed by atoms with Crippen molar-refractivity contribution in [2.24, 2.45) is 5.92 Å². The third-order valence-electron chi connectivity index (χ3n) is 6.40. The molecular formula is C23H32N4OS. The molecule has 29 heavy (non-hydrogen) atoms. The normalized spacial score (nSPS) is 21.9. The van der Waals surface area contributed by atoms with E-state index in [1.165, 1.54) is 23.3 Å². The molecule has 2 fully saturated rings. The van der Waals surface area contributed by atoms with Crippen LogP contribution in [0.3, 0.4) is 0 Å². The lowest BCUT2D eigenvalue weighted by molar-refractivity contribution is -0.127. The zero-order valence-corrected chi connectivity index (χ0v) is 18.2. The van der Waals surface area contributed by atoms with Gasteiger partial charge in [0, 0.05) is 43.3 Å². The first kappa shape index (κ1) is 20.5. The maximum absolute atomic E-state index is 12.7. The minimum Gasteiger partial charge on any atom is -0.350 e. The Morgan fingerprint density at radius 1 is 1.21 bits per heavy atom. The van der Waals surface area contributed by atoms with Crippen LogP contribution in [-0.2, 0) is 17.9 Å². The predicted octanol–water partition coefficient (Wildman–Crippen LogP) is 3.44. The van der Waals surface area contributed by atoms with Gasteiger partial charge in [-0.3, -0.25) is 19.6 Å². The molecule has 2 aromatic rings. The number of amides is 1. The molecule has 1 atom stereocenters. The van der Waals surface area contributed by atoms with Gasteiger partial charge in [-0.05, 0) is 68.3 Å². The Balaban J connectivity index is 1.23. The number of likely N-dealkylation sites (tertiary alicyclic amines) is 2. The standard InChI is InChI=1S/C23H32N4OS/c1-18-9-14-29-22(18)17-26-12-7-21(8-13-26)27-11-4-5-19(16-27)23(28)25-15-20-6-2-3-10-24-20/h2-3,6,9-10,14,19,21H,4-5,7-8,11-13,15-17H2,1H3,(H,25,28)/t19-/m1/s1. The van der Waals surface area contributed by atoms with Crippen LogP contribution in [0.1, 0.15) is 41.8 Å². The van der Waals surface area contributed by atoms with Crippen LogP contribution < -0.4 is 5.32 Å². The molecule has 2 aliphatic heterocycles. The molecule has 1 N–H and O–H groups in total. The minimum absolute atomic E-state index is 0.110. The fraction of sp³-hybridized carbons (Fsp3) is 0.565. The van der Waals surface area contributed by atoms with Crippen LogP contribution in [0.5, 0.6) is 0 Å². The highest BCUT2D eigenvalue weighted by Gasteiger charge is 2.31. The van der Waals surface area contributed by atoms with Crippen molar-refractivity contribution < 1.29 is 4.79 Å². The quantitative estimate of drug-likeness (QED) is 0.790. The SMILES string of the molecule is Cc1ccsc1CN1CCC(N2CCC[C@@H](C(=O)NCc3ccccn3)C2)CC1. The highest BCUT2D eigenvalue weighted by molar-refractivity contribution is 7.10. The summed E-state index contributed by atoms with van der Waals surface area (Å²) in [5.74, 6) is 0.296. The molecule has 2 aliphatic rings. The van der Waals surface area contributed by atoms with E-state index >= 15 is 0 Å². The average molecular weight is 413 g/mol. The maximum atomic E-state index is 12.7. The number of carbonyl (C=O) groups excluding carboxylic acids is 1. The van der Waals surface area contributed by atoms with Crippen molar-refractivity contribution in [3.8, 4) is 0 Å². The van der Waals surface area contributed by atoms with Crippen molar-refractivity contribution in [2.75, 3.05) is 26.2 Å². The van der Waals surface area contributed by atoms with Gasteiger partial charge in [0.15, 0.2) is 0 Å². The molecule has 4 heterocycles. The molecule has 2 aromatic heterocycles. The molecule has 0 radical (unpaired) electrons. The van der Waals surface area contributed by atoms with Crippen LogP contribution in [-0.4, -0.2) is 52.9 Å². The molecule has 4 rings (SSSR count). The van der Waals surface area contributed by atoms with E-state index in [1.54, 1.807) is 6.20 Å². The lowest BCUT2D eigenvalue weighted by atomic mass is 9.93. The van der Waals surface area contributed by atoms with E-state index in [-0.39, 0.29) is 11.8 Å². The van der Waals surface area contributed by atoms with Gasteiger partial charge in [-0.1, -0.05) is 6.07 Å². The fourth-order valence-electron chi connectivity index (χ4n) is 4.59. The van der Waals surface area contributed by atoms with Crippen molar-refractivity contribution in [3.63, 3.8) is 0 Å². The molecule has 0 spiro atoms. The smallest absolute Gasteiger partial charge is 0.224 e. The van der Waals surface area contributed by atoms with E-state index < -0.39 is 0 Å². The molecule has 0 aromatic carbocycles. The molecule has 6 heteroatoms. The van der Waals surface area contributed by atoms with E-state index in [0.29, 0.717) is 12.6 Å². The van der Waals surface area contributed by atoms with Gasteiger partial charge in [-0.25, -0.2) is 0 Å². The molecular weight excluding hydrogens is 380 g/mol. The number of carbonyl (C=O) groups is 1. The summed E-state index contributed by atoms with van der Waals surface area (Å²) in [6.45, 7) is 8.20. The maximum Gasteiger partial charge on any atom is 0.224 e. The van der Waals surface area contributed by atoms with Gasteiger partial charge in [0.2, 0.25) is 5.91 Å². The van der Waals surface area contributed by atoms with Crippen LogP contribution >= 0.6 is 11.3 Å². The summed E-state index contributed by atoms with van der Waals surface area (Å²) in [7, 11) is 0. The third-order valence-corrected chi connectivity index (χ3v) is 7.41. The number of aromatic nitrogens is 1. The monoisotopic (exact) mass is 412 g/mol. The van der Waals surface area contributed by atoms with Gasteiger partial charge >= 0.3 is 0 Å². The Kier molecular flexibility index (Phi) is 6.95. The minimum atomic E-state index is 0.110. The number of thiophene rings is 1. The second-order valence-corrected chi connectivity index (χ2v) is 9.41. The first-order chi connectivity index (χ1) is 14.2. The lowest BCUT2D eigenvalue weighted by Crippen LogP contribution is -2.50. The second kappa shape index (κ2) is 9.83. The van der Waals surface area contributed by atoms with Gasteiger partial charge in [0.25, 0.3) is 0 Å². The number of hydrogen-bond acceptors (Lipinski definition) is 5. The van der Waals surface area contributed by atoms with Crippen LogP contribution in [0, 0.1) is 12.8 Å². The van der Waals surface area contributed by atoms with Gasteiger partial charge in [0.05, 0.1) is 18.2 Å². The van der Waals surface area contributed by atoms with Crippen molar-refractivity contribution in [2.45, 2.75) is 51.7 Å². The van der Waals surface area contributed by atoms with Crippen LogP contribution in [0.4, 0.5) is 0 Å². The van der Waals surface area contributed by atoms with E-state index in [2.05, 4.69) is 38.5 Å². The topological polar surface area (TPSA) is 48.5 Å². The van der Waals surface area contributed by atoms with Gasteiger partial charge < -0.3 is 5.32 Å². The van der Waals surface area contributed by atoms with Crippen LogP contribution in [0.15, 0.2) is 35.8 Å². The van der Waals surface area contributed by atoms with E-state index in [1.807, 2.05) is 29.5 Å². The summed E-state index contributed by atoms with van der Waals surface area (Å²) >= 11 is 1.88. The van der Waals surface area contributed by atoms with Gasteiger partial charge in [-0.2, -0.15) is 0 Å². The summed E-state index contributed by atoms with van der Waals surface area (Å²) in [5.41, 5.74) is 2.34. The summed E-state index contributed by atoms with van der Waals surface area (Å²) < 4.78 is 0. The highest BCUT2D eigenvalue weighted by atomic mass is 32.1. The molecule has 0 aliphatic carbocycles. The number of piperidine rings is 2. The molecule has 1 amide bonds. The highest BCUT2D eigenvalue weighted by Crippen LogP contribution is 2.26. The molecule has 0 bridgehead atoms. The Labute approximate surface area is 178 Å². The van der Waals surface area contributed by atoms with Crippen molar-refractivity contribution in [1.82, 2.24) is 20.1 Å². The number of nitrogens with one attached hydrogen (secondary N) is 1. The largest absolute Gasteiger partial charge is 0.350 e. The lowest BCUT2D eigenvalue weighted by Gasteiger charge is -2.42. The van der Waals surface area contributed by atoms with E-state index in [9.17, 15) is 4.79 Å². The molecule has 5 nitrogen and oxygen atoms in total. The van der Waals surface area contributed by atoms with Crippen LogP contribution in [0.2, 0.25) is 0 Å². The number of hydrogen-bond donors (Lipinski definition) is 1. The van der Waals surface area contributed by atoms with Crippen LogP contribution in [0.25, 0.3) is 0 Å². The first-order valence-electron chi connectivity index (χ1n) is 10.9. The zero-order chi connectivity index (χ0) is 20.1. The summed E-state index contributed by atoms with van der Waals surface area (Å²) in [4.78, 5) is 23.7. The number of nitrogens with zero attached hydrogens (tertiary/aromatic N) is 3. The number of aryl methyl sites for hydroxylation is 1. The molecule has 0 unspecified atom stereocenters. The van der Waals surface area contributed by atoms with Crippen molar-refractivity contribution in [3.05, 3.63) is 52.0 Å². The number of pyridine rings is 1. The second-order valence-electron chi connectivity index (χ2n) is 8.41. The Bertz CT molecular complexity index is 785. The van der Waals surface area contributed by atoms with Crippen molar-refractivity contribution >= 4 is 17.2 Å². The Morgan fingerprint density at radius 2 is 2.07 bits per heavy atom. The Hall–Kier alpha value is -1.76. The summed E-state index contributed by atoms with van der Waals surface area (Å²) in [6.07, 6.45) is 6.33. The Morgan fingerprint density at radius 3 is 2.79 bits per heavy atom. The van der Waals surface area contributed by atoms with Crippen molar-refractivity contribution in [1.29, 1.82) is 0 Å². The zero-order valence-electron chi connectivity index (χ0n) is 17.3. The number of rotatable bonds is 6. The molecule has 2 saturated heterocycles. The van der Waals surface area contributed by atoms with Gasteiger partial charge in [0.1, 0.15) is 0 Å². The first-order valence-corrected chi connectivity index (χ1v) is 11.7. The van der Waals surface area contributed by atoms with E-state index in [0.717, 1.165) is 51.3 Å². The average Bonchev–Trinajstić information content (AvgIpc) is 3.18. The van der Waals surface area contributed by atoms with E-state index in [4.69, 9.17) is 0 Å².